The van der Waals surface area contributed by atoms with Crippen molar-refractivity contribution in [3.05, 3.63) is 115 Å². The first-order valence-electron chi connectivity index (χ1n) is 12.2. The monoisotopic (exact) mass is 545 g/mol. The van der Waals surface area contributed by atoms with E-state index in [4.69, 9.17) is 14.6 Å². The van der Waals surface area contributed by atoms with Gasteiger partial charge in [-0.3, -0.25) is 14.8 Å². The third-order valence-corrected chi connectivity index (χ3v) is 6.21. The lowest BCUT2D eigenvalue weighted by Gasteiger charge is -2.21. The van der Waals surface area contributed by atoms with Gasteiger partial charge in [-0.2, -0.15) is 11.8 Å². The van der Waals surface area contributed by atoms with E-state index < -0.39 is 12.0 Å². The number of benzene rings is 1. The predicted octanol–water partition coefficient (Wildman–Crippen LogP) is 4.96. The van der Waals surface area contributed by atoms with E-state index in [1.807, 2.05) is 48.7 Å². The van der Waals surface area contributed by atoms with E-state index in [0.717, 1.165) is 22.5 Å². The molecule has 0 unspecified atom stereocenters. The van der Waals surface area contributed by atoms with Crippen molar-refractivity contribution in [2.24, 2.45) is 0 Å². The number of carbonyl (C=O) groups excluding carboxylic acids is 2. The first-order valence-corrected chi connectivity index (χ1v) is 13.6. The summed E-state index contributed by atoms with van der Waals surface area (Å²) in [6.45, 7) is 0. The van der Waals surface area contributed by atoms with E-state index >= 15 is 0 Å². The van der Waals surface area contributed by atoms with Gasteiger partial charge in [0, 0.05) is 24.4 Å². The third kappa shape index (κ3) is 9.46. The predicted molar refractivity (Wildman–Crippen MR) is 153 cm³/mol. The maximum absolute atomic E-state index is 13.2. The summed E-state index contributed by atoms with van der Waals surface area (Å²) < 4.78 is 10.6. The Morgan fingerprint density at radius 3 is 2.38 bits per heavy atom. The van der Waals surface area contributed by atoms with Gasteiger partial charge in [-0.15, -0.1) is 0 Å². The molecule has 2 aromatic heterocycles. The molecule has 0 saturated heterocycles. The second-order valence-corrected chi connectivity index (χ2v) is 9.30. The molecule has 39 heavy (non-hydrogen) atoms. The molecule has 202 valence electrons. The Bertz CT molecular complexity index is 1300. The maximum Gasteiger partial charge on any atom is 0.328 e. The SMILES string of the molecule is COC(=O)[C@H](CCSC)NC(=O)C1=C(c2ccccc2)CC(=COc2cccnc2)C=C1.Oc1cccnc1. The van der Waals surface area contributed by atoms with Crippen LogP contribution in [0.1, 0.15) is 18.4 Å². The number of hydrogen-bond donors (Lipinski definition) is 2. The van der Waals surface area contributed by atoms with Gasteiger partial charge in [0.1, 0.15) is 17.5 Å². The number of hydrogen-bond acceptors (Lipinski definition) is 8. The first-order chi connectivity index (χ1) is 19.0. The molecule has 0 spiro atoms. The molecular weight excluding hydrogens is 514 g/mol. The lowest BCUT2D eigenvalue weighted by molar-refractivity contribution is -0.144. The number of ether oxygens (including phenoxy) is 2. The Morgan fingerprint density at radius 1 is 1.05 bits per heavy atom. The van der Waals surface area contributed by atoms with Crippen LogP contribution in [0.5, 0.6) is 11.5 Å². The fourth-order valence-electron chi connectivity index (χ4n) is 3.62. The van der Waals surface area contributed by atoms with Crippen molar-refractivity contribution >= 4 is 29.2 Å². The van der Waals surface area contributed by atoms with Gasteiger partial charge < -0.3 is 19.9 Å². The standard InChI is InChI=1S/C25H26N2O4S.C5H5NO/c1-30-25(29)23(12-14-32-2)27-24(28)21-11-10-18(17-31-20-9-6-13-26-16-20)15-22(21)19-7-4-3-5-8-19;7-5-2-1-3-6-4-5/h3-11,13,16-17,23H,12,14-15H2,1-2H3,(H,27,28);1-4,7H/t23-;/m0./s1. The van der Waals surface area contributed by atoms with E-state index in [2.05, 4.69) is 15.3 Å². The van der Waals surface area contributed by atoms with Crippen LogP contribution in [0.2, 0.25) is 0 Å². The summed E-state index contributed by atoms with van der Waals surface area (Å²) in [6.07, 6.45) is 14.6. The van der Waals surface area contributed by atoms with Crippen molar-refractivity contribution in [1.82, 2.24) is 15.3 Å². The van der Waals surface area contributed by atoms with Crippen LogP contribution in [-0.2, 0) is 14.3 Å². The van der Waals surface area contributed by atoms with Crippen LogP contribution in [0.4, 0.5) is 0 Å². The lowest BCUT2D eigenvalue weighted by atomic mass is 9.89. The Morgan fingerprint density at radius 2 is 1.79 bits per heavy atom. The number of amides is 1. The molecule has 0 bridgehead atoms. The van der Waals surface area contributed by atoms with Crippen LogP contribution in [0, 0.1) is 0 Å². The van der Waals surface area contributed by atoms with Gasteiger partial charge in [0.2, 0.25) is 0 Å². The molecule has 0 aliphatic heterocycles. The van der Waals surface area contributed by atoms with E-state index in [1.165, 1.54) is 13.3 Å². The van der Waals surface area contributed by atoms with Gasteiger partial charge in [-0.25, -0.2) is 4.79 Å². The molecule has 9 heteroatoms. The fraction of sp³-hybridized carbons (Fsp3) is 0.200. The number of methoxy groups -OCH3 is 1. The number of esters is 1. The molecule has 1 aliphatic carbocycles. The Balaban J connectivity index is 0.000000520. The summed E-state index contributed by atoms with van der Waals surface area (Å²) in [6, 6.07) is 15.9. The number of aromatic hydroxyl groups is 1. The quantitative estimate of drug-likeness (QED) is 0.287. The number of carbonyl (C=O) groups is 2. The number of rotatable bonds is 9. The van der Waals surface area contributed by atoms with Gasteiger partial charge in [0.05, 0.1) is 25.8 Å². The molecule has 2 heterocycles. The number of pyridine rings is 2. The van der Waals surface area contributed by atoms with Gasteiger partial charge in [0.25, 0.3) is 5.91 Å². The van der Waals surface area contributed by atoms with Crippen LogP contribution in [0.15, 0.2) is 109 Å². The highest BCUT2D eigenvalue weighted by Gasteiger charge is 2.25. The van der Waals surface area contributed by atoms with Gasteiger partial charge >= 0.3 is 5.97 Å². The minimum atomic E-state index is -0.691. The highest BCUT2D eigenvalue weighted by molar-refractivity contribution is 7.98. The van der Waals surface area contributed by atoms with Crippen molar-refractivity contribution in [1.29, 1.82) is 0 Å². The average Bonchev–Trinajstić information content (AvgIpc) is 2.99. The highest BCUT2D eigenvalue weighted by atomic mass is 32.2. The molecule has 8 nitrogen and oxygen atoms in total. The summed E-state index contributed by atoms with van der Waals surface area (Å²) in [5, 5.41) is 11.4. The first kappa shape index (κ1) is 29.2. The Hall–Kier alpha value is -4.37. The zero-order chi connectivity index (χ0) is 27.9. The summed E-state index contributed by atoms with van der Waals surface area (Å²) in [4.78, 5) is 33.0. The van der Waals surface area contributed by atoms with Gasteiger partial charge in [-0.1, -0.05) is 36.4 Å². The minimum absolute atomic E-state index is 0.211. The molecule has 4 rings (SSSR count). The van der Waals surface area contributed by atoms with Crippen LogP contribution >= 0.6 is 11.8 Å². The summed E-state index contributed by atoms with van der Waals surface area (Å²) in [7, 11) is 1.33. The van der Waals surface area contributed by atoms with Crippen LogP contribution in [0.3, 0.4) is 0 Å². The van der Waals surface area contributed by atoms with Crippen molar-refractivity contribution in [3.63, 3.8) is 0 Å². The molecule has 0 saturated carbocycles. The molecule has 1 aromatic carbocycles. The lowest BCUT2D eigenvalue weighted by Crippen LogP contribution is -2.42. The number of nitrogens with zero attached hydrogens (tertiary/aromatic N) is 2. The van der Waals surface area contributed by atoms with Gasteiger partial charge in [0.15, 0.2) is 0 Å². The molecule has 0 fully saturated rings. The number of thioether (sulfide) groups is 1. The highest BCUT2D eigenvalue weighted by Crippen LogP contribution is 2.32. The zero-order valence-electron chi connectivity index (χ0n) is 21.8. The molecule has 3 aromatic rings. The van der Waals surface area contributed by atoms with Crippen LogP contribution in [-0.4, -0.2) is 52.1 Å². The van der Waals surface area contributed by atoms with Crippen molar-refractivity contribution < 1.29 is 24.2 Å². The summed E-state index contributed by atoms with van der Waals surface area (Å²) in [5.74, 6) is 0.835. The topological polar surface area (TPSA) is 111 Å². The van der Waals surface area contributed by atoms with Crippen molar-refractivity contribution in [2.45, 2.75) is 18.9 Å². The second-order valence-electron chi connectivity index (χ2n) is 8.31. The molecular formula is C30H31N3O5S. The van der Waals surface area contributed by atoms with Crippen molar-refractivity contribution in [3.8, 4) is 11.5 Å². The maximum atomic E-state index is 13.2. The average molecular weight is 546 g/mol. The van der Waals surface area contributed by atoms with Gasteiger partial charge in [-0.05, 0) is 65.5 Å². The molecule has 0 radical (unpaired) electrons. The van der Waals surface area contributed by atoms with E-state index in [9.17, 15) is 9.59 Å². The number of nitrogens with one attached hydrogen (secondary N) is 1. The number of aromatic nitrogens is 2. The van der Waals surface area contributed by atoms with E-state index in [1.54, 1.807) is 60.9 Å². The summed E-state index contributed by atoms with van der Waals surface area (Å²) in [5.41, 5.74) is 3.23. The largest absolute Gasteiger partial charge is 0.506 e. The van der Waals surface area contributed by atoms with Crippen molar-refractivity contribution in [2.75, 3.05) is 19.1 Å². The zero-order valence-corrected chi connectivity index (χ0v) is 22.6. The fourth-order valence-corrected chi connectivity index (χ4v) is 4.09. The molecule has 1 aliphatic rings. The Labute approximate surface area is 232 Å². The molecule has 1 atom stereocenters. The number of allylic oxidation sites excluding steroid dienone is 3. The van der Waals surface area contributed by atoms with E-state index in [0.29, 0.717) is 24.2 Å². The minimum Gasteiger partial charge on any atom is -0.506 e. The smallest absolute Gasteiger partial charge is 0.328 e. The normalized spacial score (nSPS) is 14.2. The molecule has 1 amide bonds. The Kier molecular flexibility index (Phi) is 11.8. The summed E-state index contributed by atoms with van der Waals surface area (Å²) >= 11 is 1.61. The third-order valence-electron chi connectivity index (χ3n) is 5.57. The van der Waals surface area contributed by atoms with E-state index in [-0.39, 0.29) is 11.7 Å². The molecule has 2 N–H and O–H groups in total. The van der Waals surface area contributed by atoms with Crippen LogP contribution in [0.25, 0.3) is 5.57 Å². The second kappa shape index (κ2) is 15.8. The van der Waals surface area contributed by atoms with Crippen LogP contribution < -0.4 is 10.1 Å².